The van der Waals surface area contributed by atoms with Crippen molar-refractivity contribution in [1.82, 2.24) is 14.8 Å². The lowest BCUT2D eigenvalue weighted by Crippen LogP contribution is -2.47. The number of rotatable bonds is 7. The van der Waals surface area contributed by atoms with Gasteiger partial charge in [0, 0.05) is 67.6 Å². The highest BCUT2D eigenvalue weighted by Crippen LogP contribution is 2.39. The molecule has 4 heterocycles. The third-order valence-electron chi connectivity index (χ3n) is 9.04. The third-order valence-corrected chi connectivity index (χ3v) is 9.04. The summed E-state index contributed by atoms with van der Waals surface area (Å²) >= 11 is 0. The maximum Gasteiger partial charge on any atom is 0.409 e. The number of nitrogens with one attached hydrogen (secondary N) is 2. The van der Waals surface area contributed by atoms with Crippen LogP contribution in [-0.2, 0) is 11.3 Å². The number of benzene rings is 2. The minimum absolute atomic E-state index is 0.0324. The van der Waals surface area contributed by atoms with Crippen molar-refractivity contribution >= 4 is 29.3 Å². The fraction of sp³-hybridized carbons (Fsp3) is 0.412. The number of carbonyl (C=O) groups excluding carboxylic acids is 3. The molecule has 3 amide bonds. The third kappa shape index (κ3) is 6.52. The van der Waals surface area contributed by atoms with E-state index in [2.05, 4.69) is 15.5 Å². The molecule has 0 aliphatic carbocycles. The van der Waals surface area contributed by atoms with Crippen molar-refractivity contribution in [3.05, 3.63) is 87.8 Å². The Hall–Kier alpha value is -4.80. The molecule has 45 heavy (non-hydrogen) atoms. The number of hydrogen-bond donors (Lipinski definition) is 2. The van der Waals surface area contributed by atoms with E-state index in [1.165, 1.54) is 0 Å². The van der Waals surface area contributed by atoms with E-state index in [9.17, 15) is 19.2 Å². The Labute approximate surface area is 262 Å². The zero-order valence-corrected chi connectivity index (χ0v) is 25.7. The van der Waals surface area contributed by atoms with Crippen molar-refractivity contribution in [2.45, 2.75) is 44.7 Å². The van der Waals surface area contributed by atoms with Crippen LogP contribution in [0.1, 0.15) is 58.5 Å². The topological polar surface area (TPSA) is 122 Å². The number of amides is 3. The van der Waals surface area contributed by atoms with E-state index in [1.54, 1.807) is 61.4 Å². The number of hydrogen-bond acceptors (Lipinski definition) is 7. The summed E-state index contributed by atoms with van der Waals surface area (Å²) in [5.74, 6) is 0.583. The molecule has 11 nitrogen and oxygen atoms in total. The van der Waals surface area contributed by atoms with Crippen LogP contribution in [0.2, 0.25) is 0 Å². The highest BCUT2D eigenvalue weighted by atomic mass is 16.6. The molecule has 11 heteroatoms. The van der Waals surface area contributed by atoms with Gasteiger partial charge in [-0.1, -0.05) is 6.07 Å². The van der Waals surface area contributed by atoms with Crippen LogP contribution in [0.3, 0.4) is 0 Å². The van der Waals surface area contributed by atoms with Gasteiger partial charge in [-0.2, -0.15) is 0 Å². The number of likely N-dealkylation sites (tertiary alicyclic amines) is 1. The van der Waals surface area contributed by atoms with Gasteiger partial charge in [-0.25, -0.2) is 4.79 Å². The molecule has 2 fully saturated rings. The molecule has 2 N–H and O–H groups in total. The molecule has 2 unspecified atom stereocenters. The van der Waals surface area contributed by atoms with Crippen LogP contribution in [0.5, 0.6) is 5.75 Å². The quantitative estimate of drug-likeness (QED) is 0.412. The first-order chi connectivity index (χ1) is 21.8. The van der Waals surface area contributed by atoms with Gasteiger partial charge in [0.25, 0.3) is 17.4 Å². The first kappa shape index (κ1) is 30.2. The van der Waals surface area contributed by atoms with Gasteiger partial charge in [0.1, 0.15) is 5.75 Å². The molecular formula is C34H39N5O6. The number of aromatic nitrogens is 1. The second-order valence-corrected chi connectivity index (χ2v) is 12.0. The lowest BCUT2D eigenvalue weighted by molar-refractivity contribution is 0.0859. The summed E-state index contributed by atoms with van der Waals surface area (Å²) in [7, 11) is 1.57. The number of carbonyl (C=O) groups is 3. The maximum absolute atomic E-state index is 13.4. The van der Waals surface area contributed by atoms with Gasteiger partial charge >= 0.3 is 6.09 Å². The van der Waals surface area contributed by atoms with Crippen LogP contribution < -0.4 is 25.8 Å². The number of pyridine rings is 1. The predicted octanol–water partition coefficient (Wildman–Crippen LogP) is 4.08. The summed E-state index contributed by atoms with van der Waals surface area (Å²) < 4.78 is 12.2. The molecule has 3 aromatic rings. The molecule has 6 rings (SSSR count). The normalized spacial score (nSPS) is 19.3. The number of fused-ring (bicyclic) bond motifs is 4. The van der Waals surface area contributed by atoms with Crippen LogP contribution >= 0.6 is 0 Å². The van der Waals surface area contributed by atoms with Crippen LogP contribution in [0, 0.1) is 5.92 Å². The Morgan fingerprint density at radius 3 is 2.40 bits per heavy atom. The molecule has 3 aliphatic rings. The zero-order chi connectivity index (χ0) is 31.5. The summed E-state index contributed by atoms with van der Waals surface area (Å²) in [6.07, 6.45) is 1.94. The second kappa shape index (κ2) is 13.1. The molecule has 236 valence electrons. The fourth-order valence-electron chi connectivity index (χ4n) is 6.77. The van der Waals surface area contributed by atoms with Gasteiger partial charge < -0.3 is 34.5 Å². The summed E-state index contributed by atoms with van der Waals surface area (Å²) in [5.41, 5.74) is 3.35. The molecule has 2 saturated heterocycles. The average Bonchev–Trinajstić information content (AvgIpc) is 3.05. The van der Waals surface area contributed by atoms with E-state index in [-0.39, 0.29) is 41.3 Å². The van der Waals surface area contributed by atoms with Gasteiger partial charge in [-0.3, -0.25) is 14.4 Å². The summed E-state index contributed by atoms with van der Waals surface area (Å²) in [6, 6.07) is 17.7. The van der Waals surface area contributed by atoms with Crippen molar-refractivity contribution in [2.24, 2.45) is 5.92 Å². The predicted molar refractivity (Wildman–Crippen MR) is 170 cm³/mol. The average molecular weight is 614 g/mol. The Kier molecular flexibility index (Phi) is 8.77. The lowest BCUT2D eigenvalue weighted by atomic mass is 9.83. The Balaban J connectivity index is 1.23. The number of methoxy groups -OCH3 is 1. The number of ether oxygens (including phenoxy) is 2. The Morgan fingerprint density at radius 1 is 0.911 bits per heavy atom. The van der Waals surface area contributed by atoms with Crippen LogP contribution in [0.15, 0.2) is 65.5 Å². The van der Waals surface area contributed by atoms with E-state index in [4.69, 9.17) is 9.47 Å². The highest BCUT2D eigenvalue weighted by molar-refractivity contribution is 6.07. The van der Waals surface area contributed by atoms with E-state index in [1.807, 2.05) is 22.8 Å². The molecule has 3 aliphatic heterocycles. The van der Waals surface area contributed by atoms with Crippen LogP contribution in [0.25, 0.3) is 0 Å². The summed E-state index contributed by atoms with van der Waals surface area (Å²) in [4.78, 5) is 55.4. The highest BCUT2D eigenvalue weighted by Gasteiger charge is 2.35. The second-order valence-electron chi connectivity index (χ2n) is 12.0. The molecular weight excluding hydrogens is 574 g/mol. The Bertz CT molecular complexity index is 1630. The van der Waals surface area contributed by atoms with E-state index >= 15 is 0 Å². The summed E-state index contributed by atoms with van der Waals surface area (Å²) in [6.45, 7) is 5.21. The van der Waals surface area contributed by atoms with Gasteiger partial charge in [0.2, 0.25) is 0 Å². The molecule has 2 aromatic carbocycles. The molecule has 0 saturated carbocycles. The minimum Gasteiger partial charge on any atom is -0.497 e. The van der Waals surface area contributed by atoms with Crippen molar-refractivity contribution < 1.29 is 23.9 Å². The standard InChI is InChI=1S/C34H39N5O6/c1-3-45-34(43)37-15-13-26(14-16-37)35-33(42)24-9-12-30(28(18-24)36-32(41)23-7-10-27(44-2)11-8-23)38-19-22-17-25(21-38)29-5-4-6-31(40)39(29)20-22/h4-12,18,22,25-26H,3,13-17,19-21H2,1-2H3,(H,35,42)(H,36,41). The minimum atomic E-state index is -0.326. The molecule has 1 aromatic heterocycles. The fourth-order valence-corrected chi connectivity index (χ4v) is 6.77. The van der Waals surface area contributed by atoms with Crippen molar-refractivity contribution in [3.63, 3.8) is 0 Å². The van der Waals surface area contributed by atoms with E-state index in [0.717, 1.165) is 24.3 Å². The van der Waals surface area contributed by atoms with Crippen LogP contribution in [-0.4, -0.2) is 73.3 Å². The first-order valence-corrected chi connectivity index (χ1v) is 15.6. The van der Waals surface area contributed by atoms with Gasteiger partial charge in [-0.15, -0.1) is 0 Å². The van der Waals surface area contributed by atoms with Crippen molar-refractivity contribution in [1.29, 1.82) is 0 Å². The first-order valence-electron chi connectivity index (χ1n) is 15.6. The largest absolute Gasteiger partial charge is 0.497 e. The van der Waals surface area contributed by atoms with E-state index in [0.29, 0.717) is 68.2 Å². The summed E-state index contributed by atoms with van der Waals surface area (Å²) in [5, 5.41) is 6.18. The molecule has 0 radical (unpaired) electrons. The number of anilines is 2. The number of nitrogens with zero attached hydrogens (tertiary/aromatic N) is 3. The molecule has 0 spiro atoms. The zero-order valence-electron chi connectivity index (χ0n) is 25.7. The smallest absolute Gasteiger partial charge is 0.409 e. The lowest BCUT2D eigenvalue weighted by Gasteiger charge is -2.44. The van der Waals surface area contributed by atoms with Gasteiger partial charge in [-0.05, 0) is 80.6 Å². The van der Waals surface area contributed by atoms with Crippen molar-refractivity contribution in [3.8, 4) is 5.75 Å². The monoisotopic (exact) mass is 613 g/mol. The SMILES string of the molecule is CCOC(=O)N1CCC(NC(=O)c2ccc(N3CC4CC(C3)c3cccc(=O)n3C4)c(NC(=O)c3ccc(OC)cc3)c2)CC1. The Morgan fingerprint density at radius 2 is 1.67 bits per heavy atom. The van der Waals surface area contributed by atoms with E-state index < -0.39 is 0 Å². The van der Waals surface area contributed by atoms with Crippen molar-refractivity contribution in [2.75, 3.05) is 50.1 Å². The van der Waals surface area contributed by atoms with Gasteiger partial charge in [0.15, 0.2) is 0 Å². The number of piperidine rings is 2. The maximum atomic E-state index is 13.4. The molecule has 2 atom stereocenters. The van der Waals surface area contributed by atoms with Crippen LogP contribution in [0.4, 0.5) is 16.2 Å². The van der Waals surface area contributed by atoms with Gasteiger partial charge in [0.05, 0.1) is 25.1 Å². The molecule has 2 bridgehead atoms.